The van der Waals surface area contributed by atoms with Crippen LogP contribution in [0.1, 0.15) is 13.8 Å². The smallest absolute Gasteiger partial charge is 0.576 e. The maximum Gasteiger partial charge on any atom is 0.576 e. The average molecular weight is 426 g/mol. The highest BCUT2D eigenvalue weighted by Gasteiger charge is 2.28. The molecule has 0 radical (unpaired) electrons. The lowest BCUT2D eigenvalue weighted by atomic mass is 10.2. The third-order valence-electron chi connectivity index (χ3n) is 6.13. The normalized spacial score (nSPS) is 31.1. The van der Waals surface area contributed by atoms with E-state index in [1.54, 1.807) is 0 Å². The molecule has 2 aliphatic rings. The number of hydrogen-bond donors (Lipinski definition) is 2. The van der Waals surface area contributed by atoms with Gasteiger partial charge in [-0.05, 0) is 38.1 Å². The second-order valence-corrected chi connectivity index (χ2v) is 8.70. The van der Waals surface area contributed by atoms with E-state index in [2.05, 4.69) is 10.6 Å². The highest BCUT2D eigenvalue weighted by Crippen LogP contribution is 2.28. The molecule has 2 saturated heterocycles. The molecule has 0 aromatic heterocycles. The molecular formula is C22H31BN4O4. The molecule has 2 aromatic rings. The minimum absolute atomic E-state index is 0.0509. The van der Waals surface area contributed by atoms with E-state index in [0.717, 1.165) is 24.5 Å². The van der Waals surface area contributed by atoms with Crippen LogP contribution in [-0.2, 0) is 0 Å². The van der Waals surface area contributed by atoms with Crippen molar-refractivity contribution in [1.82, 2.24) is 19.9 Å². The van der Waals surface area contributed by atoms with Crippen LogP contribution < -0.4 is 29.2 Å². The van der Waals surface area contributed by atoms with Crippen molar-refractivity contribution in [3.63, 3.8) is 0 Å². The Labute approximate surface area is 184 Å². The molecule has 2 heterocycles. The van der Waals surface area contributed by atoms with Crippen LogP contribution in [0.5, 0.6) is 11.5 Å². The van der Waals surface area contributed by atoms with E-state index in [9.17, 15) is 10.4 Å². The summed E-state index contributed by atoms with van der Waals surface area (Å²) in [5, 5.41) is 32.7. The number of nitrogens with one attached hydrogen (secondary N) is 2. The molecule has 4 rings (SSSR count). The summed E-state index contributed by atoms with van der Waals surface area (Å²) in [4.78, 5) is 0. The quantitative estimate of drug-likeness (QED) is 0.418. The molecule has 166 valence electrons. The van der Waals surface area contributed by atoms with Crippen molar-refractivity contribution in [2.75, 3.05) is 39.3 Å². The molecule has 2 fully saturated rings. The second kappa shape index (κ2) is 9.16. The molecule has 0 aliphatic carbocycles. The van der Waals surface area contributed by atoms with Crippen molar-refractivity contribution >= 4 is 19.1 Å². The number of benzene rings is 2. The Hall–Kier alpha value is -2.14. The van der Waals surface area contributed by atoms with Crippen LogP contribution in [0.4, 0.5) is 11.4 Å². The van der Waals surface area contributed by atoms with Gasteiger partial charge in [-0.2, -0.15) is 0 Å². The number of nitrogens with zero attached hydrogens (tertiary/aromatic N) is 2. The zero-order chi connectivity index (χ0) is 21.9. The maximum atomic E-state index is 13.0. The van der Waals surface area contributed by atoms with Gasteiger partial charge in [0.2, 0.25) is 0 Å². The zero-order valence-corrected chi connectivity index (χ0v) is 18.3. The number of hydrogen-bond acceptors (Lipinski definition) is 6. The molecule has 9 heteroatoms. The van der Waals surface area contributed by atoms with Gasteiger partial charge < -0.3 is 39.6 Å². The van der Waals surface area contributed by atoms with Gasteiger partial charge in [0, 0.05) is 37.4 Å². The Kier molecular flexibility index (Phi) is 6.52. The van der Waals surface area contributed by atoms with Crippen molar-refractivity contribution in [2.24, 2.45) is 0 Å². The lowest BCUT2D eigenvalue weighted by molar-refractivity contribution is 0.275. The van der Waals surface area contributed by atoms with Gasteiger partial charge >= 0.3 is 7.69 Å². The van der Waals surface area contributed by atoms with Gasteiger partial charge in [-0.25, -0.2) is 0 Å². The summed E-state index contributed by atoms with van der Waals surface area (Å²) in [5.74, 6) is 1.29. The zero-order valence-electron chi connectivity index (χ0n) is 18.3. The number of quaternary nitrogens is 2. The SMILES string of the molecule is CC1C[N+]([O-])(c2ccc(OBOc3ccc([N+]4([O-])CCNC(C)C4)cc3)cc2)CCN1. The molecule has 4 unspecified atom stereocenters. The minimum Gasteiger partial charge on any atom is -0.627 e. The highest BCUT2D eigenvalue weighted by atomic mass is 16.6. The fourth-order valence-electron chi connectivity index (χ4n) is 4.44. The summed E-state index contributed by atoms with van der Waals surface area (Å²) in [6.45, 7) is 7.62. The molecule has 8 nitrogen and oxygen atoms in total. The Bertz CT molecular complexity index is 797. The molecule has 2 aromatic carbocycles. The van der Waals surface area contributed by atoms with Gasteiger partial charge in [0.15, 0.2) is 0 Å². The monoisotopic (exact) mass is 426 g/mol. The van der Waals surface area contributed by atoms with Crippen LogP contribution in [0.15, 0.2) is 48.5 Å². The van der Waals surface area contributed by atoms with Crippen molar-refractivity contribution in [2.45, 2.75) is 25.9 Å². The van der Waals surface area contributed by atoms with Crippen molar-refractivity contribution in [1.29, 1.82) is 0 Å². The predicted molar refractivity (Wildman–Crippen MR) is 126 cm³/mol. The third kappa shape index (κ3) is 5.20. The van der Waals surface area contributed by atoms with Gasteiger partial charge in [0.25, 0.3) is 0 Å². The first-order valence-corrected chi connectivity index (χ1v) is 11.0. The molecule has 31 heavy (non-hydrogen) atoms. The van der Waals surface area contributed by atoms with E-state index >= 15 is 0 Å². The Morgan fingerprint density at radius 3 is 1.48 bits per heavy atom. The fourth-order valence-corrected chi connectivity index (χ4v) is 4.44. The predicted octanol–water partition coefficient (Wildman–Crippen LogP) is 2.00. The van der Waals surface area contributed by atoms with Gasteiger partial charge in [-0.3, -0.25) is 0 Å². The summed E-state index contributed by atoms with van der Waals surface area (Å²) >= 11 is 0. The first-order valence-electron chi connectivity index (χ1n) is 11.0. The highest BCUT2D eigenvalue weighted by molar-refractivity contribution is 6.20. The van der Waals surface area contributed by atoms with Crippen molar-refractivity contribution in [3.8, 4) is 11.5 Å². The minimum atomic E-state index is -0.314. The van der Waals surface area contributed by atoms with E-state index in [0.29, 0.717) is 37.7 Å². The van der Waals surface area contributed by atoms with Crippen LogP contribution in [0.25, 0.3) is 0 Å². The summed E-state index contributed by atoms with van der Waals surface area (Å²) in [5.41, 5.74) is 1.49. The van der Waals surface area contributed by atoms with Gasteiger partial charge in [0.05, 0.1) is 38.3 Å². The Balaban J connectivity index is 1.29. The largest absolute Gasteiger partial charge is 0.627 e. The molecule has 0 amide bonds. The third-order valence-corrected chi connectivity index (χ3v) is 6.13. The first-order chi connectivity index (χ1) is 14.9. The standard InChI is InChI=1S/C22H31BN4O4/c1-17-15-26(28,13-11-24-17)19-3-7-21(8-4-19)30-23-31-22-9-5-20(6-10-22)27(29)14-12-25-18(2)16-27/h3-10,17-18,23-25H,11-16H2,1-2H3. The van der Waals surface area contributed by atoms with E-state index in [1.165, 1.54) is 0 Å². The Morgan fingerprint density at radius 1 is 0.742 bits per heavy atom. The molecule has 2 aliphatic heterocycles. The fraction of sp³-hybridized carbons (Fsp3) is 0.455. The van der Waals surface area contributed by atoms with Crippen LogP contribution in [0.2, 0.25) is 0 Å². The van der Waals surface area contributed by atoms with E-state index < -0.39 is 0 Å². The average Bonchev–Trinajstić information content (AvgIpc) is 2.74. The molecule has 0 bridgehead atoms. The topological polar surface area (TPSA) is 88.6 Å². The lowest BCUT2D eigenvalue weighted by Crippen LogP contribution is -2.59. The Morgan fingerprint density at radius 2 is 1.13 bits per heavy atom. The molecule has 2 N–H and O–H groups in total. The van der Waals surface area contributed by atoms with Crippen molar-refractivity contribution in [3.05, 3.63) is 58.9 Å². The summed E-state index contributed by atoms with van der Waals surface area (Å²) in [7, 11) is 0.0509. The molecule has 4 atom stereocenters. The maximum absolute atomic E-state index is 13.0. The van der Waals surface area contributed by atoms with Crippen LogP contribution in [0, 0.1) is 10.4 Å². The molecular weight excluding hydrogens is 395 g/mol. The van der Waals surface area contributed by atoms with Crippen LogP contribution >= 0.6 is 0 Å². The van der Waals surface area contributed by atoms with Crippen LogP contribution in [-0.4, -0.2) is 59.0 Å². The van der Waals surface area contributed by atoms with Crippen LogP contribution in [0.3, 0.4) is 0 Å². The molecule has 0 spiro atoms. The summed E-state index contributed by atoms with van der Waals surface area (Å²) in [6.07, 6.45) is 0. The number of rotatable bonds is 6. The lowest BCUT2D eigenvalue weighted by Gasteiger charge is -2.47. The number of piperazine rings is 2. The van der Waals surface area contributed by atoms with Gasteiger partial charge in [-0.1, -0.05) is 0 Å². The van der Waals surface area contributed by atoms with Gasteiger partial charge in [0.1, 0.15) is 22.9 Å². The summed E-state index contributed by atoms with van der Waals surface area (Å²) in [6, 6.07) is 15.0. The van der Waals surface area contributed by atoms with Gasteiger partial charge in [-0.15, -0.1) is 0 Å². The van der Waals surface area contributed by atoms with Crippen molar-refractivity contribution < 1.29 is 9.31 Å². The second-order valence-electron chi connectivity index (χ2n) is 8.70. The van der Waals surface area contributed by atoms with E-state index in [4.69, 9.17) is 9.31 Å². The summed E-state index contributed by atoms with van der Waals surface area (Å²) < 4.78 is 10.7. The molecule has 0 saturated carbocycles. The number of hydroxylamine groups is 4. The van der Waals surface area contributed by atoms with E-state index in [-0.39, 0.29) is 29.1 Å². The first kappa shape index (κ1) is 22.1. The van der Waals surface area contributed by atoms with E-state index in [1.807, 2.05) is 62.4 Å².